The number of hydroxylamine groups is 1. The minimum absolute atomic E-state index is 0.0640. The second-order valence-electron chi connectivity index (χ2n) is 6.07. The number of halogens is 2. The predicted molar refractivity (Wildman–Crippen MR) is 107 cm³/mol. The molecule has 0 radical (unpaired) electrons. The van der Waals surface area contributed by atoms with Crippen molar-refractivity contribution in [2.45, 2.75) is 18.2 Å². The standard InChI is InChI=1S/C19H17ClFNO9S/c1-3-28-18(24)10-17(23)22-31-30-19(25)13-9-12(5-7-16(13)32(2,26)27)29-15-6-4-11(20)8-14(15)21/h4-9H,3,10H2,1-2H3,(H,22,23). The summed E-state index contributed by atoms with van der Waals surface area (Å²) in [6.07, 6.45) is 0.149. The van der Waals surface area contributed by atoms with Gasteiger partial charge in [0, 0.05) is 11.3 Å². The highest BCUT2D eigenvalue weighted by Crippen LogP contribution is 2.29. The highest BCUT2D eigenvalue weighted by molar-refractivity contribution is 7.90. The molecule has 10 nitrogen and oxygen atoms in total. The molecular weight excluding hydrogens is 473 g/mol. The van der Waals surface area contributed by atoms with E-state index in [9.17, 15) is 27.2 Å². The summed E-state index contributed by atoms with van der Waals surface area (Å²) >= 11 is 5.68. The molecule has 0 saturated carbocycles. The highest BCUT2D eigenvalue weighted by atomic mass is 35.5. The third-order valence-corrected chi connectivity index (χ3v) is 4.97. The summed E-state index contributed by atoms with van der Waals surface area (Å²) in [7, 11) is -3.90. The van der Waals surface area contributed by atoms with Crippen molar-refractivity contribution in [1.82, 2.24) is 5.48 Å². The van der Waals surface area contributed by atoms with Crippen molar-refractivity contribution in [3.05, 3.63) is 52.8 Å². The van der Waals surface area contributed by atoms with Crippen molar-refractivity contribution < 1.29 is 46.5 Å². The molecular formula is C19H17ClFNO9S. The van der Waals surface area contributed by atoms with Crippen LogP contribution in [0.2, 0.25) is 5.02 Å². The Bertz CT molecular complexity index is 1140. The zero-order valence-electron chi connectivity index (χ0n) is 16.7. The maximum absolute atomic E-state index is 14.0. The predicted octanol–water partition coefficient (Wildman–Crippen LogP) is 2.75. The van der Waals surface area contributed by atoms with E-state index in [1.807, 2.05) is 0 Å². The fourth-order valence-corrected chi connectivity index (χ4v) is 3.29. The minimum Gasteiger partial charge on any atom is -0.466 e. The molecule has 13 heteroatoms. The molecule has 2 rings (SSSR count). The van der Waals surface area contributed by atoms with Crippen LogP contribution in [-0.4, -0.2) is 39.1 Å². The summed E-state index contributed by atoms with van der Waals surface area (Å²) in [5.74, 6) is -4.25. The smallest absolute Gasteiger partial charge is 0.377 e. The fraction of sp³-hybridized carbons (Fsp3) is 0.211. The number of hydrogen-bond acceptors (Lipinski definition) is 9. The van der Waals surface area contributed by atoms with Crippen molar-refractivity contribution in [2.75, 3.05) is 12.9 Å². The first-order valence-corrected chi connectivity index (χ1v) is 11.1. The zero-order valence-corrected chi connectivity index (χ0v) is 18.3. The fourth-order valence-electron chi connectivity index (χ4n) is 2.27. The van der Waals surface area contributed by atoms with Gasteiger partial charge < -0.3 is 9.47 Å². The minimum atomic E-state index is -3.90. The van der Waals surface area contributed by atoms with E-state index in [1.54, 1.807) is 12.4 Å². The molecule has 32 heavy (non-hydrogen) atoms. The number of carbonyl (C=O) groups is 3. The van der Waals surface area contributed by atoms with Gasteiger partial charge in [0.25, 0.3) is 5.91 Å². The van der Waals surface area contributed by atoms with Gasteiger partial charge in [-0.05, 0) is 43.3 Å². The maximum Gasteiger partial charge on any atom is 0.377 e. The van der Waals surface area contributed by atoms with Crippen LogP contribution < -0.4 is 10.2 Å². The number of ether oxygens (including phenoxy) is 2. The molecule has 0 bridgehead atoms. The molecule has 0 aromatic heterocycles. The van der Waals surface area contributed by atoms with E-state index >= 15 is 0 Å². The average Bonchev–Trinajstić information content (AvgIpc) is 2.69. The molecule has 172 valence electrons. The average molecular weight is 490 g/mol. The van der Waals surface area contributed by atoms with Crippen molar-refractivity contribution in [3.8, 4) is 11.5 Å². The van der Waals surface area contributed by atoms with E-state index in [2.05, 4.69) is 14.6 Å². The molecule has 0 aliphatic rings. The molecule has 1 N–H and O–H groups in total. The van der Waals surface area contributed by atoms with Gasteiger partial charge in [-0.3, -0.25) is 14.5 Å². The Kier molecular flexibility index (Phi) is 8.52. The lowest BCUT2D eigenvalue weighted by molar-refractivity contribution is -0.280. The van der Waals surface area contributed by atoms with Gasteiger partial charge in [0.05, 0.1) is 17.1 Å². The van der Waals surface area contributed by atoms with E-state index in [0.717, 1.165) is 24.5 Å². The number of carbonyl (C=O) groups excluding carboxylic acids is 3. The molecule has 0 aliphatic carbocycles. The molecule has 2 aromatic carbocycles. The Hall–Kier alpha value is -3.22. The molecule has 0 aliphatic heterocycles. The van der Waals surface area contributed by atoms with Crippen LogP contribution in [0.4, 0.5) is 4.39 Å². The maximum atomic E-state index is 14.0. The summed E-state index contributed by atoms with van der Waals surface area (Å²) in [5, 5.41) is 0.133. The van der Waals surface area contributed by atoms with Gasteiger partial charge in [0.2, 0.25) is 0 Å². The largest absolute Gasteiger partial charge is 0.466 e. The molecule has 1 amide bonds. The lowest BCUT2D eigenvalue weighted by Crippen LogP contribution is -2.28. The van der Waals surface area contributed by atoms with Crippen molar-refractivity contribution in [2.24, 2.45) is 0 Å². The van der Waals surface area contributed by atoms with E-state index in [1.165, 1.54) is 18.2 Å². The van der Waals surface area contributed by atoms with E-state index < -0.39 is 50.4 Å². The van der Waals surface area contributed by atoms with Crippen LogP contribution in [0.25, 0.3) is 0 Å². The number of benzene rings is 2. The number of sulfone groups is 1. The Balaban J connectivity index is 2.16. The van der Waals surface area contributed by atoms with Gasteiger partial charge in [-0.15, -0.1) is 0 Å². The van der Waals surface area contributed by atoms with Gasteiger partial charge in [-0.2, -0.15) is 5.48 Å². The molecule has 0 heterocycles. The summed E-state index contributed by atoms with van der Waals surface area (Å²) in [5.41, 5.74) is 1.16. The molecule has 2 aromatic rings. The van der Waals surface area contributed by atoms with E-state index in [-0.39, 0.29) is 23.1 Å². The van der Waals surface area contributed by atoms with Crippen LogP contribution >= 0.6 is 11.6 Å². The van der Waals surface area contributed by atoms with E-state index in [0.29, 0.717) is 0 Å². The third kappa shape index (κ3) is 7.18. The van der Waals surface area contributed by atoms with Crippen LogP contribution in [0.3, 0.4) is 0 Å². The first-order chi connectivity index (χ1) is 15.0. The van der Waals surface area contributed by atoms with E-state index in [4.69, 9.17) is 16.3 Å². The third-order valence-electron chi connectivity index (χ3n) is 3.58. The second kappa shape index (κ2) is 10.9. The molecule has 0 atom stereocenters. The Labute approximate surface area is 187 Å². The summed E-state index contributed by atoms with van der Waals surface area (Å²) in [4.78, 5) is 43.3. The number of rotatable bonds is 9. The number of amides is 1. The normalized spacial score (nSPS) is 10.9. The van der Waals surface area contributed by atoms with Gasteiger partial charge in [0.1, 0.15) is 12.2 Å². The van der Waals surface area contributed by atoms with Crippen molar-refractivity contribution in [1.29, 1.82) is 0 Å². The van der Waals surface area contributed by atoms with Crippen LogP contribution in [0.1, 0.15) is 23.7 Å². The molecule has 0 spiro atoms. The SMILES string of the molecule is CCOC(=O)CC(=O)NOOC(=O)c1cc(Oc2ccc(Cl)cc2F)ccc1S(C)(=O)=O. The number of nitrogens with one attached hydrogen (secondary N) is 1. The zero-order chi connectivity index (χ0) is 23.9. The molecule has 0 fully saturated rings. The lowest BCUT2D eigenvalue weighted by atomic mass is 10.2. The quantitative estimate of drug-likeness (QED) is 0.244. The van der Waals surface area contributed by atoms with Crippen LogP contribution in [0, 0.1) is 5.82 Å². The van der Waals surface area contributed by atoms with Gasteiger partial charge in [0.15, 0.2) is 21.4 Å². The summed E-state index contributed by atoms with van der Waals surface area (Å²) in [6, 6.07) is 6.84. The first-order valence-electron chi connectivity index (χ1n) is 8.80. The number of hydrogen-bond donors (Lipinski definition) is 1. The van der Waals surface area contributed by atoms with Crippen molar-refractivity contribution in [3.63, 3.8) is 0 Å². The highest BCUT2D eigenvalue weighted by Gasteiger charge is 2.23. The van der Waals surface area contributed by atoms with Gasteiger partial charge in [-0.1, -0.05) is 16.6 Å². The lowest BCUT2D eigenvalue weighted by Gasteiger charge is -2.11. The van der Waals surface area contributed by atoms with Crippen LogP contribution in [0.15, 0.2) is 41.3 Å². The summed E-state index contributed by atoms with van der Waals surface area (Å²) < 4.78 is 47.8. The van der Waals surface area contributed by atoms with Crippen LogP contribution in [0.5, 0.6) is 11.5 Å². The molecule has 0 saturated heterocycles. The van der Waals surface area contributed by atoms with Crippen molar-refractivity contribution >= 4 is 39.3 Å². The van der Waals surface area contributed by atoms with Crippen LogP contribution in [-0.2, 0) is 34.0 Å². The summed E-state index contributed by atoms with van der Waals surface area (Å²) in [6.45, 7) is 1.61. The molecule has 0 unspecified atom stereocenters. The Morgan fingerprint density at radius 3 is 2.47 bits per heavy atom. The monoisotopic (exact) mass is 489 g/mol. The topological polar surface area (TPSA) is 134 Å². The second-order valence-corrected chi connectivity index (χ2v) is 8.49. The first kappa shape index (κ1) is 25.0. The Morgan fingerprint density at radius 1 is 1.12 bits per heavy atom. The Morgan fingerprint density at radius 2 is 1.84 bits per heavy atom. The number of esters is 1. The van der Waals surface area contributed by atoms with Gasteiger partial charge >= 0.3 is 11.9 Å². The van der Waals surface area contributed by atoms with Gasteiger partial charge in [-0.25, -0.2) is 17.6 Å².